The number of rotatable bonds is 19. The van der Waals surface area contributed by atoms with Gasteiger partial charge in [0, 0.05) is 57.9 Å². The lowest BCUT2D eigenvalue weighted by molar-refractivity contribution is -0.121. The lowest BCUT2D eigenvalue weighted by Gasteiger charge is -2.33. The van der Waals surface area contributed by atoms with Crippen LogP contribution in [-0.2, 0) is 26.0 Å². The normalized spacial score (nSPS) is 16.8. The number of phenols is 1. The molecule has 0 spiro atoms. The van der Waals surface area contributed by atoms with E-state index in [1.165, 1.54) is 0 Å². The summed E-state index contributed by atoms with van der Waals surface area (Å²) in [5.74, 6) is 0.412. The van der Waals surface area contributed by atoms with Gasteiger partial charge in [-0.15, -0.1) is 0 Å². The van der Waals surface area contributed by atoms with Crippen molar-refractivity contribution in [3.63, 3.8) is 0 Å². The van der Waals surface area contributed by atoms with E-state index in [1.54, 1.807) is 24.3 Å². The molecule has 5 N–H and O–H groups in total. The van der Waals surface area contributed by atoms with E-state index in [1.807, 2.05) is 54.6 Å². The number of ether oxygens (including phenoxy) is 1. The molecule has 3 aromatic rings. The summed E-state index contributed by atoms with van der Waals surface area (Å²) in [6.07, 6.45) is 5.42. The number of aromatic hydroxyl groups is 1. The minimum absolute atomic E-state index is 0.00868. The van der Waals surface area contributed by atoms with Crippen molar-refractivity contribution in [3.05, 3.63) is 84.4 Å². The van der Waals surface area contributed by atoms with Crippen molar-refractivity contribution in [2.24, 2.45) is 5.92 Å². The summed E-state index contributed by atoms with van der Waals surface area (Å²) in [7, 11) is -3.61. The Morgan fingerprint density at radius 1 is 0.815 bits per heavy atom. The first-order chi connectivity index (χ1) is 26.2. The number of benzene rings is 3. The summed E-state index contributed by atoms with van der Waals surface area (Å²) in [5.41, 5.74) is 3.50. The number of aliphatic hydroxyl groups is 1. The van der Waals surface area contributed by atoms with Crippen molar-refractivity contribution < 1.29 is 33.0 Å². The average molecular weight is 764 g/mol. The summed E-state index contributed by atoms with van der Waals surface area (Å²) < 4.78 is 35.5. The third kappa shape index (κ3) is 13.4. The highest BCUT2D eigenvalue weighted by atomic mass is 32.2. The first kappa shape index (κ1) is 41.2. The number of nitrogens with one attached hydrogen (secondary N) is 3. The van der Waals surface area contributed by atoms with E-state index in [0.29, 0.717) is 64.0 Å². The first-order valence-corrected chi connectivity index (χ1v) is 20.9. The number of carbonyl (C=O) groups is 2. The van der Waals surface area contributed by atoms with E-state index in [-0.39, 0.29) is 30.3 Å². The standard InChI is InChI=1S/C41H57N5O7S/c47-31-33-17-24-46(25-18-33)30-37(29-32-13-15-35(48)16-14-32)54(51,52)43-23-8-2-7-22-42-40(49)21-28-45-26-19-36(20-27-45)53-41(50)44-39-12-6-5-11-38(39)34-9-3-1-4-10-34/h1,3-6,9-16,33,36-37,43,47-48H,2,7-8,17-31H2,(H,42,49)(H,44,50). The van der Waals surface area contributed by atoms with Crippen molar-refractivity contribution in [2.45, 2.75) is 69.1 Å². The maximum absolute atomic E-state index is 13.5. The lowest BCUT2D eigenvalue weighted by atomic mass is 9.97. The molecule has 12 nitrogen and oxygen atoms in total. The van der Waals surface area contributed by atoms with Crippen molar-refractivity contribution in [3.8, 4) is 16.9 Å². The van der Waals surface area contributed by atoms with Crippen LogP contribution in [0.15, 0.2) is 78.9 Å². The fraction of sp³-hybridized carbons (Fsp3) is 0.512. The molecular weight excluding hydrogens is 707 g/mol. The van der Waals surface area contributed by atoms with E-state index < -0.39 is 21.4 Å². The molecule has 2 aliphatic rings. The monoisotopic (exact) mass is 763 g/mol. The van der Waals surface area contributed by atoms with Gasteiger partial charge in [-0.05, 0) is 93.3 Å². The summed E-state index contributed by atoms with van der Waals surface area (Å²) in [5, 5.41) is 24.4. The highest BCUT2D eigenvalue weighted by Gasteiger charge is 2.30. The van der Waals surface area contributed by atoms with E-state index >= 15 is 0 Å². The van der Waals surface area contributed by atoms with Crippen LogP contribution in [0.25, 0.3) is 11.1 Å². The zero-order chi connectivity index (χ0) is 38.2. The number of likely N-dealkylation sites (tertiary alicyclic amines) is 2. The van der Waals surface area contributed by atoms with Gasteiger partial charge in [0.05, 0.1) is 10.9 Å². The molecule has 3 aromatic carbocycles. The summed E-state index contributed by atoms with van der Waals surface area (Å²) >= 11 is 0. The second-order valence-corrected chi connectivity index (χ2v) is 16.5. The number of amides is 2. The molecule has 0 aromatic heterocycles. The van der Waals surface area contributed by atoms with Crippen LogP contribution in [0.3, 0.4) is 0 Å². The molecule has 54 heavy (non-hydrogen) atoms. The van der Waals surface area contributed by atoms with Crippen LogP contribution in [0.2, 0.25) is 0 Å². The summed E-state index contributed by atoms with van der Waals surface area (Å²) in [6, 6.07) is 24.2. The lowest BCUT2D eigenvalue weighted by Crippen LogP contribution is -2.46. The highest BCUT2D eigenvalue weighted by molar-refractivity contribution is 7.90. The van der Waals surface area contributed by atoms with Crippen LogP contribution in [0.5, 0.6) is 5.75 Å². The van der Waals surface area contributed by atoms with Crippen LogP contribution in [0, 0.1) is 5.92 Å². The zero-order valence-corrected chi connectivity index (χ0v) is 32.0. The third-order valence-corrected chi connectivity index (χ3v) is 12.3. The van der Waals surface area contributed by atoms with Crippen molar-refractivity contribution >= 4 is 27.7 Å². The molecule has 13 heteroatoms. The largest absolute Gasteiger partial charge is 0.508 e. The van der Waals surface area contributed by atoms with Gasteiger partial charge in [0.25, 0.3) is 0 Å². The number of piperidine rings is 2. The maximum Gasteiger partial charge on any atom is 0.411 e. The van der Waals surface area contributed by atoms with Crippen LogP contribution >= 0.6 is 0 Å². The third-order valence-electron chi connectivity index (χ3n) is 10.5. The number of carbonyl (C=O) groups excluding carboxylic acids is 2. The van der Waals surface area contributed by atoms with Gasteiger partial charge in [0.1, 0.15) is 11.9 Å². The van der Waals surface area contributed by atoms with Gasteiger partial charge >= 0.3 is 6.09 Å². The van der Waals surface area contributed by atoms with E-state index in [0.717, 1.165) is 68.6 Å². The van der Waals surface area contributed by atoms with Crippen LogP contribution in [0.1, 0.15) is 56.9 Å². The quantitative estimate of drug-likeness (QED) is 0.106. The van der Waals surface area contributed by atoms with Gasteiger partial charge in [-0.3, -0.25) is 10.1 Å². The van der Waals surface area contributed by atoms with Crippen molar-refractivity contribution in [1.82, 2.24) is 19.8 Å². The van der Waals surface area contributed by atoms with E-state index in [2.05, 4.69) is 25.2 Å². The average Bonchev–Trinajstić information content (AvgIpc) is 3.18. The first-order valence-electron chi connectivity index (χ1n) is 19.4. The Bertz CT molecular complexity index is 1690. The van der Waals surface area contributed by atoms with Gasteiger partial charge < -0.3 is 30.1 Å². The molecule has 2 aliphatic heterocycles. The fourth-order valence-electron chi connectivity index (χ4n) is 7.14. The second kappa shape index (κ2) is 21.2. The number of hydrogen-bond acceptors (Lipinski definition) is 9. The number of hydrogen-bond donors (Lipinski definition) is 5. The fourth-order valence-corrected chi connectivity index (χ4v) is 8.63. The summed E-state index contributed by atoms with van der Waals surface area (Å²) in [6.45, 7) is 5.11. The number of para-hydroxylation sites is 1. The number of sulfonamides is 1. The Morgan fingerprint density at radius 2 is 1.48 bits per heavy atom. The predicted octanol–water partition coefficient (Wildman–Crippen LogP) is 4.98. The van der Waals surface area contributed by atoms with Gasteiger partial charge in [0.15, 0.2) is 0 Å². The Labute approximate surface area is 320 Å². The zero-order valence-electron chi connectivity index (χ0n) is 31.2. The molecule has 2 saturated heterocycles. The molecule has 5 rings (SSSR count). The Hall–Kier alpha value is -4.01. The topological polar surface area (TPSA) is 161 Å². The Kier molecular flexibility index (Phi) is 16.1. The van der Waals surface area contributed by atoms with Crippen LogP contribution in [-0.4, -0.2) is 111 Å². The predicted molar refractivity (Wildman–Crippen MR) is 212 cm³/mol. The van der Waals surface area contributed by atoms with Gasteiger partial charge in [-0.1, -0.05) is 67.1 Å². The molecule has 2 fully saturated rings. The number of phenolic OH excluding ortho intramolecular Hbond substituents is 1. The molecule has 1 unspecified atom stereocenters. The van der Waals surface area contributed by atoms with Gasteiger partial charge in [0.2, 0.25) is 15.9 Å². The number of unbranched alkanes of at least 4 members (excludes halogenated alkanes) is 2. The minimum atomic E-state index is -3.61. The Morgan fingerprint density at radius 3 is 2.20 bits per heavy atom. The van der Waals surface area contributed by atoms with Gasteiger partial charge in [-0.25, -0.2) is 17.9 Å². The van der Waals surface area contributed by atoms with E-state index in [9.17, 15) is 28.2 Å². The summed E-state index contributed by atoms with van der Waals surface area (Å²) in [4.78, 5) is 29.6. The molecule has 1 atom stereocenters. The van der Waals surface area contributed by atoms with E-state index in [4.69, 9.17) is 4.74 Å². The molecule has 0 radical (unpaired) electrons. The van der Waals surface area contributed by atoms with Crippen molar-refractivity contribution in [1.29, 1.82) is 0 Å². The highest BCUT2D eigenvalue weighted by Crippen LogP contribution is 2.28. The molecule has 0 saturated carbocycles. The van der Waals surface area contributed by atoms with Gasteiger partial charge in [-0.2, -0.15) is 0 Å². The van der Waals surface area contributed by atoms with Crippen LogP contribution < -0.4 is 15.4 Å². The maximum atomic E-state index is 13.5. The van der Waals surface area contributed by atoms with Crippen LogP contribution in [0.4, 0.5) is 10.5 Å². The second-order valence-electron chi connectivity index (χ2n) is 14.5. The Balaban J connectivity index is 0.934. The number of anilines is 1. The molecule has 0 aliphatic carbocycles. The molecule has 0 bridgehead atoms. The molecule has 294 valence electrons. The number of aliphatic hydroxyl groups excluding tert-OH is 1. The molecule has 2 heterocycles. The smallest absolute Gasteiger partial charge is 0.411 e. The minimum Gasteiger partial charge on any atom is -0.508 e. The molecular formula is C41H57N5O7S. The SMILES string of the molecule is O=C(CCN1CCC(OC(=O)Nc2ccccc2-c2ccccc2)CC1)NCCCCCNS(=O)(=O)C(Cc1ccc(O)cc1)CN1CCC(CO)CC1. The van der Waals surface area contributed by atoms with Crippen molar-refractivity contribution in [2.75, 3.05) is 64.3 Å². The molecule has 2 amide bonds. The number of nitrogens with zero attached hydrogens (tertiary/aromatic N) is 2.